The molecule has 14 heavy (non-hydrogen) atoms. The predicted octanol–water partition coefficient (Wildman–Crippen LogP) is -3.23. The summed E-state index contributed by atoms with van der Waals surface area (Å²) in [5.41, 5.74) is 0. The summed E-state index contributed by atoms with van der Waals surface area (Å²) in [6.45, 7) is 3.43. The molecule has 0 aromatic heterocycles. The number of rotatable bonds is 0. The van der Waals surface area contributed by atoms with Crippen LogP contribution in [-0.4, -0.2) is 23.0 Å². The Morgan fingerprint density at radius 1 is 1.43 bits per heavy atom. The second kappa shape index (κ2) is 14.2. The summed E-state index contributed by atoms with van der Waals surface area (Å²) in [6.07, 6.45) is 2.56. The summed E-state index contributed by atoms with van der Waals surface area (Å²) >= 11 is 0. The van der Waals surface area contributed by atoms with Crippen molar-refractivity contribution in [2.75, 3.05) is 13.2 Å². The molecule has 0 bridgehead atoms. The van der Waals surface area contributed by atoms with Gasteiger partial charge in [-0.05, 0) is 12.8 Å². The van der Waals surface area contributed by atoms with Gasteiger partial charge in [0.1, 0.15) is 0 Å². The fraction of sp³-hybridized carbons (Fsp3) is 0.833. The quantitative estimate of drug-likeness (QED) is 0.345. The van der Waals surface area contributed by atoms with Gasteiger partial charge in [-0.15, -0.1) is 0 Å². The molecule has 78 valence electrons. The number of nitriles is 1. The third-order valence-electron chi connectivity index (χ3n) is 0.827. The van der Waals surface area contributed by atoms with E-state index < -0.39 is 7.82 Å². The number of ether oxygens (including phenoxy) is 1. The van der Waals surface area contributed by atoms with Crippen LogP contribution in [0.25, 0.3) is 0 Å². The third kappa shape index (κ3) is 51.1. The molecule has 1 saturated heterocycles. The van der Waals surface area contributed by atoms with E-state index in [9.17, 15) is 0 Å². The number of hydrogen-bond acceptors (Lipinski definition) is 4. The summed E-state index contributed by atoms with van der Waals surface area (Å²) < 4.78 is 13.7. The minimum atomic E-state index is -4.89. The summed E-state index contributed by atoms with van der Waals surface area (Å²) in [7, 11) is -4.89. The Morgan fingerprint density at radius 3 is 1.71 bits per heavy atom. The summed E-state index contributed by atoms with van der Waals surface area (Å²) in [6, 6.07) is 1.75. The summed E-state index contributed by atoms with van der Waals surface area (Å²) in [4.78, 5) is 22.9. The van der Waals surface area contributed by atoms with Crippen molar-refractivity contribution >= 4 is 7.82 Å². The van der Waals surface area contributed by atoms with Crippen LogP contribution in [0, 0.1) is 11.3 Å². The fourth-order valence-electron chi connectivity index (χ4n) is 0.510. The van der Waals surface area contributed by atoms with Gasteiger partial charge < -0.3 is 19.4 Å². The topological polar surface area (TPSA) is 114 Å². The van der Waals surface area contributed by atoms with E-state index in [4.69, 9.17) is 29.2 Å². The standard InChI is InChI=1S/C4H8O.C2H3N.K.H3O4P/c1-2-4-5-3-1;1-2-3;;1-5(2,3)4/h1-4H2;1H3;;(H3,1,2,3,4)/q;;+1;/p-1. The van der Waals surface area contributed by atoms with Gasteiger partial charge >= 0.3 is 51.4 Å². The molecule has 0 aromatic carbocycles. The maximum atomic E-state index is 8.77. The van der Waals surface area contributed by atoms with Gasteiger partial charge in [0.2, 0.25) is 0 Å². The molecule has 0 atom stereocenters. The maximum absolute atomic E-state index is 8.77. The van der Waals surface area contributed by atoms with Gasteiger partial charge in [-0.1, -0.05) is 0 Å². The molecule has 0 amide bonds. The van der Waals surface area contributed by atoms with E-state index in [1.54, 1.807) is 6.07 Å². The molecule has 1 rings (SSSR count). The smallest absolute Gasteiger partial charge is 0.756 e. The number of phosphoric acid groups is 1. The molecule has 0 saturated carbocycles. The first-order valence-corrected chi connectivity index (χ1v) is 5.10. The molecule has 1 aliphatic rings. The van der Waals surface area contributed by atoms with E-state index in [-0.39, 0.29) is 51.4 Å². The average molecular weight is 249 g/mol. The van der Waals surface area contributed by atoms with E-state index in [0.29, 0.717) is 0 Å². The molecule has 2 N–H and O–H groups in total. The van der Waals surface area contributed by atoms with Crippen molar-refractivity contribution < 1.29 is 75.4 Å². The Bertz CT molecular complexity index is 169. The fourth-order valence-corrected chi connectivity index (χ4v) is 0.510. The van der Waals surface area contributed by atoms with Crippen molar-refractivity contribution in [1.29, 1.82) is 5.26 Å². The van der Waals surface area contributed by atoms with Gasteiger partial charge in [0.15, 0.2) is 0 Å². The van der Waals surface area contributed by atoms with E-state index in [0.717, 1.165) is 13.2 Å². The predicted molar refractivity (Wildman–Crippen MR) is 43.4 cm³/mol. The van der Waals surface area contributed by atoms with E-state index in [1.807, 2.05) is 0 Å². The molecule has 0 unspecified atom stereocenters. The van der Waals surface area contributed by atoms with Crippen LogP contribution >= 0.6 is 7.82 Å². The largest absolute Gasteiger partial charge is 1.00 e. The van der Waals surface area contributed by atoms with Crippen molar-refractivity contribution in [3.8, 4) is 6.07 Å². The van der Waals surface area contributed by atoms with Crippen LogP contribution in [0.15, 0.2) is 0 Å². The second-order valence-electron chi connectivity index (χ2n) is 2.03. The second-order valence-corrected chi connectivity index (χ2v) is 3.01. The van der Waals surface area contributed by atoms with Crippen molar-refractivity contribution in [1.82, 2.24) is 0 Å². The minimum absolute atomic E-state index is 0. The first-order valence-electron chi connectivity index (χ1n) is 3.57. The van der Waals surface area contributed by atoms with E-state index >= 15 is 0 Å². The van der Waals surface area contributed by atoms with E-state index in [1.165, 1.54) is 19.8 Å². The van der Waals surface area contributed by atoms with Crippen LogP contribution < -0.4 is 56.3 Å². The van der Waals surface area contributed by atoms with E-state index in [2.05, 4.69) is 0 Å². The van der Waals surface area contributed by atoms with Crippen molar-refractivity contribution in [2.24, 2.45) is 0 Å². The van der Waals surface area contributed by atoms with Gasteiger partial charge in [0, 0.05) is 20.1 Å². The SMILES string of the molecule is C1CCOC1.CC#N.O=P([O-])(O)O.[K+]. The van der Waals surface area contributed by atoms with Crippen molar-refractivity contribution in [3.05, 3.63) is 0 Å². The Hall–Kier alpha value is 1.20. The van der Waals surface area contributed by atoms with Crippen molar-refractivity contribution in [3.63, 3.8) is 0 Å². The van der Waals surface area contributed by atoms with Crippen LogP contribution in [-0.2, 0) is 9.30 Å². The molecule has 6 nitrogen and oxygen atoms in total. The molecular weight excluding hydrogens is 236 g/mol. The third-order valence-corrected chi connectivity index (χ3v) is 0.827. The Morgan fingerprint density at radius 2 is 1.64 bits per heavy atom. The monoisotopic (exact) mass is 249 g/mol. The van der Waals surface area contributed by atoms with Crippen LogP contribution in [0.5, 0.6) is 0 Å². The minimum Gasteiger partial charge on any atom is -0.756 e. The zero-order chi connectivity index (χ0) is 10.7. The van der Waals surface area contributed by atoms with Gasteiger partial charge in [-0.3, -0.25) is 4.57 Å². The first-order chi connectivity index (χ1) is 5.91. The average Bonchev–Trinajstić information content (AvgIpc) is 2.36. The molecule has 1 aliphatic heterocycles. The molecule has 8 heteroatoms. The molecule has 0 radical (unpaired) electrons. The molecular formula is C6H13KNO5P. The Labute approximate surface area is 126 Å². The van der Waals surface area contributed by atoms with Crippen LogP contribution in [0.1, 0.15) is 19.8 Å². The van der Waals surface area contributed by atoms with Gasteiger partial charge in [-0.2, -0.15) is 5.26 Å². The van der Waals surface area contributed by atoms with Crippen LogP contribution in [0.3, 0.4) is 0 Å². The Balaban J connectivity index is -0.000000130. The molecule has 0 spiro atoms. The number of hydrogen-bond donors (Lipinski definition) is 2. The van der Waals surface area contributed by atoms with Gasteiger partial charge in [0.25, 0.3) is 7.82 Å². The van der Waals surface area contributed by atoms with Crippen molar-refractivity contribution in [2.45, 2.75) is 19.8 Å². The summed E-state index contributed by atoms with van der Waals surface area (Å²) in [5.74, 6) is 0. The zero-order valence-corrected chi connectivity index (χ0v) is 12.4. The summed E-state index contributed by atoms with van der Waals surface area (Å²) in [5, 5.41) is 7.32. The van der Waals surface area contributed by atoms with Crippen LogP contribution in [0.2, 0.25) is 0 Å². The molecule has 1 heterocycles. The van der Waals surface area contributed by atoms with Crippen LogP contribution in [0.4, 0.5) is 0 Å². The molecule has 1 fully saturated rings. The number of nitrogens with zero attached hydrogens (tertiary/aromatic N) is 1. The van der Waals surface area contributed by atoms with Gasteiger partial charge in [-0.25, -0.2) is 0 Å². The first kappa shape index (κ1) is 20.6. The molecule has 0 aliphatic carbocycles. The molecule has 0 aromatic rings. The maximum Gasteiger partial charge on any atom is 1.00 e. The zero-order valence-electron chi connectivity index (χ0n) is 8.34. The Kier molecular flexibility index (Phi) is 20.9. The normalized spacial score (nSPS) is 13.4. The van der Waals surface area contributed by atoms with Gasteiger partial charge in [0.05, 0.1) is 6.07 Å².